The van der Waals surface area contributed by atoms with E-state index >= 15 is 0 Å². The summed E-state index contributed by atoms with van der Waals surface area (Å²) >= 11 is 0. The molecular formula is C16H20N4O. The molecule has 1 N–H and O–H groups in total. The maximum Gasteiger partial charge on any atom is 0.272 e. The van der Waals surface area contributed by atoms with Gasteiger partial charge in [0.2, 0.25) is 5.95 Å². The number of nitrogens with zero attached hydrogens (tertiary/aromatic N) is 3. The van der Waals surface area contributed by atoms with E-state index in [4.69, 9.17) is 0 Å². The van der Waals surface area contributed by atoms with Crippen LogP contribution in [0.5, 0.6) is 0 Å². The Kier molecular flexibility index (Phi) is 4.87. The Morgan fingerprint density at radius 1 is 1.14 bits per heavy atom. The molecule has 0 aliphatic rings. The van der Waals surface area contributed by atoms with Crippen LogP contribution in [-0.4, -0.2) is 33.9 Å². The molecule has 1 aromatic carbocycles. The van der Waals surface area contributed by atoms with Crippen LogP contribution < -0.4 is 5.32 Å². The second kappa shape index (κ2) is 6.83. The molecule has 0 aliphatic carbocycles. The Balaban J connectivity index is 2.17. The molecule has 5 nitrogen and oxygen atoms in total. The van der Waals surface area contributed by atoms with Gasteiger partial charge in [-0.3, -0.25) is 4.79 Å². The highest BCUT2D eigenvalue weighted by molar-refractivity contribution is 5.92. The Morgan fingerprint density at radius 3 is 2.43 bits per heavy atom. The monoisotopic (exact) mass is 284 g/mol. The molecule has 0 bridgehead atoms. The van der Waals surface area contributed by atoms with Crippen LogP contribution in [0.25, 0.3) is 0 Å². The molecule has 0 atom stereocenters. The third-order valence-electron chi connectivity index (χ3n) is 3.23. The molecule has 1 amide bonds. The van der Waals surface area contributed by atoms with Crippen LogP contribution >= 0.6 is 0 Å². The van der Waals surface area contributed by atoms with Crippen LogP contribution in [0.1, 0.15) is 29.9 Å². The molecular weight excluding hydrogens is 264 g/mol. The van der Waals surface area contributed by atoms with Gasteiger partial charge in [-0.1, -0.05) is 17.7 Å². The Hall–Kier alpha value is -2.43. The lowest BCUT2D eigenvalue weighted by atomic mass is 10.2. The topological polar surface area (TPSA) is 58.1 Å². The van der Waals surface area contributed by atoms with E-state index in [1.165, 1.54) is 5.56 Å². The normalized spacial score (nSPS) is 10.2. The van der Waals surface area contributed by atoms with E-state index in [0.29, 0.717) is 24.7 Å². The van der Waals surface area contributed by atoms with Crippen LogP contribution in [0.15, 0.2) is 36.5 Å². The highest BCUT2D eigenvalue weighted by Gasteiger charge is 2.14. The van der Waals surface area contributed by atoms with Crippen LogP contribution in [0.4, 0.5) is 11.6 Å². The summed E-state index contributed by atoms with van der Waals surface area (Å²) in [5.41, 5.74) is 2.49. The van der Waals surface area contributed by atoms with Crippen molar-refractivity contribution in [2.45, 2.75) is 20.8 Å². The molecule has 0 fully saturated rings. The predicted octanol–water partition coefficient (Wildman–Crippen LogP) is 3.01. The van der Waals surface area contributed by atoms with Crippen LogP contribution in [0.2, 0.25) is 0 Å². The molecule has 21 heavy (non-hydrogen) atoms. The quantitative estimate of drug-likeness (QED) is 0.917. The molecule has 0 saturated heterocycles. The lowest BCUT2D eigenvalue weighted by molar-refractivity contribution is 0.0767. The number of carbonyl (C=O) groups is 1. The van der Waals surface area contributed by atoms with Gasteiger partial charge in [0.05, 0.1) is 0 Å². The van der Waals surface area contributed by atoms with Crippen molar-refractivity contribution in [3.8, 4) is 0 Å². The molecule has 0 radical (unpaired) electrons. The highest BCUT2D eigenvalue weighted by atomic mass is 16.2. The molecule has 5 heteroatoms. The minimum Gasteiger partial charge on any atom is -0.338 e. The Morgan fingerprint density at radius 2 is 1.81 bits per heavy atom. The van der Waals surface area contributed by atoms with E-state index in [9.17, 15) is 4.79 Å². The minimum atomic E-state index is -0.0747. The number of amides is 1. The van der Waals surface area contributed by atoms with Crippen molar-refractivity contribution in [1.82, 2.24) is 14.9 Å². The van der Waals surface area contributed by atoms with E-state index in [1.54, 1.807) is 17.2 Å². The third kappa shape index (κ3) is 3.78. The lowest BCUT2D eigenvalue weighted by Gasteiger charge is -2.18. The first kappa shape index (κ1) is 15.0. The fraction of sp³-hybridized carbons (Fsp3) is 0.312. The van der Waals surface area contributed by atoms with E-state index in [-0.39, 0.29) is 5.91 Å². The maximum absolute atomic E-state index is 12.3. The lowest BCUT2D eigenvalue weighted by Crippen LogP contribution is -2.31. The van der Waals surface area contributed by atoms with Gasteiger partial charge >= 0.3 is 0 Å². The first-order valence-corrected chi connectivity index (χ1v) is 7.10. The second-order valence-electron chi connectivity index (χ2n) is 4.73. The minimum absolute atomic E-state index is 0.0747. The molecule has 1 aromatic heterocycles. The molecule has 0 aliphatic heterocycles. The number of anilines is 2. The summed E-state index contributed by atoms with van der Waals surface area (Å²) < 4.78 is 0. The first-order valence-electron chi connectivity index (χ1n) is 7.10. The van der Waals surface area contributed by atoms with Crippen molar-refractivity contribution in [3.05, 3.63) is 47.8 Å². The number of hydrogen-bond donors (Lipinski definition) is 1. The number of aryl methyl sites for hydroxylation is 1. The Bertz CT molecular complexity index is 606. The predicted molar refractivity (Wildman–Crippen MR) is 83.7 cm³/mol. The van der Waals surface area contributed by atoms with Gasteiger partial charge in [0.25, 0.3) is 5.91 Å². The fourth-order valence-electron chi connectivity index (χ4n) is 1.98. The van der Waals surface area contributed by atoms with E-state index in [0.717, 1.165) is 5.69 Å². The van der Waals surface area contributed by atoms with E-state index < -0.39 is 0 Å². The number of rotatable bonds is 5. The number of hydrogen-bond acceptors (Lipinski definition) is 4. The summed E-state index contributed by atoms with van der Waals surface area (Å²) in [6.45, 7) is 7.27. The smallest absolute Gasteiger partial charge is 0.272 e. The number of benzene rings is 1. The van der Waals surface area contributed by atoms with Crippen LogP contribution in [0, 0.1) is 6.92 Å². The van der Waals surface area contributed by atoms with Crippen LogP contribution in [0.3, 0.4) is 0 Å². The van der Waals surface area contributed by atoms with Crippen LogP contribution in [-0.2, 0) is 0 Å². The van der Waals surface area contributed by atoms with Gasteiger partial charge in [-0.2, -0.15) is 0 Å². The molecule has 2 rings (SSSR count). The fourth-order valence-corrected chi connectivity index (χ4v) is 1.98. The summed E-state index contributed by atoms with van der Waals surface area (Å²) in [7, 11) is 0. The Labute approximate surface area is 125 Å². The number of carbonyl (C=O) groups excluding carboxylic acids is 1. The molecule has 110 valence electrons. The number of nitrogens with one attached hydrogen (secondary N) is 1. The van der Waals surface area contributed by atoms with Gasteiger partial charge in [0.1, 0.15) is 5.69 Å². The van der Waals surface area contributed by atoms with Gasteiger partial charge in [0, 0.05) is 25.0 Å². The molecule has 0 saturated carbocycles. The maximum atomic E-state index is 12.3. The van der Waals surface area contributed by atoms with Crippen molar-refractivity contribution in [2.75, 3.05) is 18.4 Å². The van der Waals surface area contributed by atoms with Gasteiger partial charge in [0.15, 0.2) is 0 Å². The van der Waals surface area contributed by atoms with Gasteiger partial charge < -0.3 is 10.2 Å². The standard InChI is InChI=1S/C16H20N4O/c1-4-20(5-2)15(21)14-10-11-17-16(19-14)18-13-8-6-12(3)7-9-13/h6-11H,4-5H2,1-3H3,(H,17,18,19). The average molecular weight is 284 g/mol. The van der Waals surface area contributed by atoms with Crippen molar-refractivity contribution in [1.29, 1.82) is 0 Å². The molecule has 0 unspecified atom stereocenters. The van der Waals surface area contributed by atoms with Crippen molar-refractivity contribution in [3.63, 3.8) is 0 Å². The zero-order valence-corrected chi connectivity index (χ0v) is 12.6. The van der Waals surface area contributed by atoms with Gasteiger partial charge in [-0.15, -0.1) is 0 Å². The van der Waals surface area contributed by atoms with Gasteiger partial charge in [-0.05, 0) is 39.0 Å². The highest BCUT2D eigenvalue weighted by Crippen LogP contribution is 2.14. The molecule has 2 aromatic rings. The summed E-state index contributed by atoms with van der Waals surface area (Å²) in [5.74, 6) is 0.353. The number of aromatic nitrogens is 2. The average Bonchev–Trinajstić information content (AvgIpc) is 2.51. The summed E-state index contributed by atoms with van der Waals surface area (Å²) in [6.07, 6.45) is 1.60. The van der Waals surface area contributed by atoms with Gasteiger partial charge in [-0.25, -0.2) is 9.97 Å². The first-order chi connectivity index (χ1) is 10.1. The zero-order chi connectivity index (χ0) is 15.2. The van der Waals surface area contributed by atoms with Crippen molar-refractivity contribution in [2.24, 2.45) is 0 Å². The van der Waals surface area contributed by atoms with Crippen molar-refractivity contribution < 1.29 is 4.79 Å². The van der Waals surface area contributed by atoms with E-state index in [2.05, 4.69) is 15.3 Å². The zero-order valence-electron chi connectivity index (χ0n) is 12.6. The SMILES string of the molecule is CCN(CC)C(=O)c1ccnc(Nc2ccc(C)cc2)n1. The summed E-state index contributed by atoms with van der Waals surface area (Å²) in [5, 5.41) is 3.11. The van der Waals surface area contributed by atoms with E-state index in [1.807, 2.05) is 45.0 Å². The second-order valence-corrected chi connectivity index (χ2v) is 4.73. The third-order valence-corrected chi connectivity index (χ3v) is 3.23. The largest absolute Gasteiger partial charge is 0.338 e. The molecule has 1 heterocycles. The summed E-state index contributed by atoms with van der Waals surface area (Å²) in [6, 6.07) is 9.57. The molecule has 0 spiro atoms. The van der Waals surface area contributed by atoms with Crippen molar-refractivity contribution >= 4 is 17.5 Å². The summed E-state index contributed by atoms with van der Waals surface area (Å²) in [4.78, 5) is 22.4.